The molecule has 0 aliphatic heterocycles. The van der Waals surface area contributed by atoms with E-state index in [1.807, 2.05) is 0 Å². The maximum absolute atomic E-state index is 5.87. The average molecular weight is 350 g/mol. The zero-order valence-electron chi connectivity index (χ0n) is 15.4. The molecule has 6 N–H and O–H groups in total. The van der Waals surface area contributed by atoms with Crippen LogP contribution in [0, 0.1) is 0 Å². The molecule has 6 nitrogen and oxygen atoms in total. The predicted molar refractivity (Wildman–Crippen MR) is 106 cm³/mol. The zero-order chi connectivity index (χ0) is 18.2. The van der Waals surface area contributed by atoms with Gasteiger partial charge in [0.25, 0.3) is 0 Å². The summed E-state index contributed by atoms with van der Waals surface area (Å²) in [5.41, 5.74) is 17.8. The summed E-state index contributed by atoms with van der Waals surface area (Å²) < 4.78 is 5.87. The molecule has 0 bridgehead atoms. The highest BCUT2D eigenvalue weighted by Crippen LogP contribution is 2.14. The highest BCUT2D eigenvalue weighted by Gasteiger charge is 2.04. The summed E-state index contributed by atoms with van der Waals surface area (Å²) in [5, 5.41) is 0. The molecular formula is C19H35N5O. The first-order chi connectivity index (χ1) is 12.3. The monoisotopic (exact) mass is 349 g/mol. The summed E-state index contributed by atoms with van der Waals surface area (Å²) in [6, 6.07) is 8.39. The van der Waals surface area contributed by atoms with Gasteiger partial charge in [-0.15, -0.1) is 0 Å². The molecule has 0 unspecified atom stereocenters. The van der Waals surface area contributed by atoms with Gasteiger partial charge in [-0.2, -0.15) is 0 Å². The number of benzene rings is 1. The van der Waals surface area contributed by atoms with Crippen molar-refractivity contribution in [1.82, 2.24) is 4.90 Å². The molecule has 1 aromatic rings. The molecule has 0 aliphatic rings. The van der Waals surface area contributed by atoms with Gasteiger partial charge in [-0.05, 0) is 76.0 Å². The van der Waals surface area contributed by atoms with Gasteiger partial charge < -0.3 is 21.9 Å². The van der Waals surface area contributed by atoms with Crippen LogP contribution in [0.1, 0.15) is 31.2 Å². The van der Waals surface area contributed by atoms with Crippen molar-refractivity contribution in [3.8, 4) is 5.75 Å². The Morgan fingerprint density at radius 2 is 1.60 bits per heavy atom. The van der Waals surface area contributed by atoms with E-state index in [0.29, 0.717) is 6.61 Å². The minimum absolute atomic E-state index is 0.686. The standard InChI is InChI=1S/C19H35N5O/c20-10-3-13-24(14-4-11-21)15-16-25-19-8-6-18(7-9-19)5-1-2-12-23-17-22/h6-9,17H,1-5,10-16,20-21H2,(H2,22,23). The summed E-state index contributed by atoms with van der Waals surface area (Å²) in [6.07, 6.45) is 6.64. The number of nitrogens with zero attached hydrogens (tertiary/aromatic N) is 2. The fourth-order valence-corrected chi connectivity index (χ4v) is 2.62. The van der Waals surface area contributed by atoms with E-state index >= 15 is 0 Å². The van der Waals surface area contributed by atoms with E-state index in [4.69, 9.17) is 21.9 Å². The number of nitrogens with two attached hydrogens (primary N) is 3. The lowest BCUT2D eigenvalue weighted by Crippen LogP contribution is -2.32. The lowest BCUT2D eigenvalue weighted by molar-refractivity contribution is 0.207. The molecule has 25 heavy (non-hydrogen) atoms. The highest BCUT2D eigenvalue weighted by molar-refractivity contribution is 5.50. The maximum atomic E-state index is 5.87. The number of aliphatic imine (C=N–C) groups is 1. The van der Waals surface area contributed by atoms with Crippen LogP contribution in [0.5, 0.6) is 5.75 Å². The molecule has 1 rings (SSSR count). The van der Waals surface area contributed by atoms with Crippen LogP contribution in [0.3, 0.4) is 0 Å². The molecule has 6 heteroatoms. The average Bonchev–Trinajstić information content (AvgIpc) is 2.64. The minimum atomic E-state index is 0.686. The minimum Gasteiger partial charge on any atom is -0.492 e. The van der Waals surface area contributed by atoms with Crippen molar-refractivity contribution in [2.24, 2.45) is 22.2 Å². The Labute approximate surface area is 152 Å². The largest absolute Gasteiger partial charge is 0.492 e. The van der Waals surface area contributed by atoms with Gasteiger partial charge in [0.2, 0.25) is 0 Å². The smallest absolute Gasteiger partial charge is 0.119 e. The van der Waals surface area contributed by atoms with Crippen LogP contribution >= 0.6 is 0 Å². The number of rotatable bonds is 15. The van der Waals surface area contributed by atoms with Crippen molar-refractivity contribution in [3.63, 3.8) is 0 Å². The van der Waals surface area contributed by atoms with Crippen LogP contribution in [0.25, 0.3) is 0 Å². The van der Waals surface area contributed by atoms with Crippen molar-refractivity contribution in [2.75, 3.05) is 45.9 Å². The predicted octanol–water partition coefficient (Wildman–Crippen LogP) is 1.37. The van der Waals surface area contributed by atoms with E-state index < -0.39 is 0 Å². The van der Waals surface area contributed by atoms with Crippen LogP contribution in [-0.4, -0.2) is 57.1 Å². The molecule has 1 aromatic carbocycles. The first-order valence-electron chi connectivity index (χ1n) is 9.34. The third-order valence-electron chi connectivity index (χ3n) is 4.06. The Hall–Kier alpha value is -1.63. The topological polar surface area (TPSA) is 103 Å². The summed E-state index contributed by atoms with van der Waals surface area (Å²) in [7, 11) is 0. The van der Waals surface area contributed by atoms with Gasteiger partial charge in [0.1, 0.15) is 12.4 Å². The van der Waals surface area contributed by atoms with Crippen LogP contribution in [0.15, 0.2) is 29.3 Å². The van der Waals surface area contributed by atoms with Crippen molar-refractivity contribution >= 4 is 6.34 Å². The Morgan fingerprint density at radius 3 is 2.20 bits per heavy atom. The molecule has 0 amide bonds. The summed E-state index contributed by atoms with van der Waals surface area (Å²) >= 11 is 0. The maximum Gasteiger partial charge on any atom is 0.119 e. The Kier molecular flexibility index (Phi) is 12.6. The SMILES string of the molecule is NC=NCCCCc1ccc(OCCN(CCCN)CCCN)cc1. The molecule has 0 heterocycles. The number of unbranched alkanes of at least 4 members (excludes halogenated alkanes) is 1. The van der Waals surface area contributed by atoms with Crippen molar-refractivity contribution in [3.05, 3.63) is 29.8 Å². The van der Waals surface area contributed by atoms with E-state index in [1.54, 1.807) is 0 Å². The van der Waals surface area contributed by atoms with E-state index in [9.17, 15) is 0 Å². The Morgan fingerprint density at radius 1 is 0.920 bits per heavy atom. The molecule has 0 saturated heterocycles. The fraction of sp³-hybridized carbons (Fsp3) is 0.632. The zero-order valence-corrected chi connectivity index (χ0v) is 15.4. The van der Waals surface area contributed by atoms with Crippen LogP contribution in [0.2, 0.25) is 0 Å². The summed E-state index contributed by atoms with van der Waals surface area (Å²) in [5.74, 6) is 0.925. The first-order valence-corrected chi connectivity index (χ1v) is 9.34. The second-order valence-corrected chi connectivity index (χ2v) is 6.13. The quantitative estimate of drug-likeness (QED) is 0.252. The molecule has 0 spiro atoms. The van der Waals surface area contributed by atoms with Gasteiger partial charge in [0, 0.05) is 13.1 Å². The number of hydrogen-bond acceptors (Lipinski definition) is 5. The molecule has 0 fully saturated rings. The van der Waals surface area contributed by atoms with Crippen molar-refractivity contribution < 1.29 is 4.74 Å². The Balaban J connectivity index is 2.26. The molecule has 0 atom stereocenters. The van der Waals surface area contributed by atoms with Crippen LogP contribution < -0.4 is 21.9 Å². The van der Waals surface area contributed by atoms with Crippen molar-refractivity contribution in [2.45, 2.75) is 32.1 Å². The van der Waals surface area contributed by atoms with Gasteiger partial charge in [-0.1, -0.05) is 12.1 Å². The van der Waals surface area contributed by atoms with E-state index in [1.165, 1.54) is 11.9 Å². The second kappa shape index (κ2) is 14.7. The Bertz CT molecular complexity index is 442. The van der Waals surface area contributed by atoms with Gasteiger partial charge in [-0.3, -0.25) is 9.89 Å². The van der Waals surface area contributed by atoms with Crippen molar-refractivity contribution in [1.29, 1.82) is 0 Å². The third kappa shape index (κ3) is 10.8. The molecule has 0 radical (unpaired) electrons. The first kappa shape index (κ1) is 21.4. The van der Waals surface area contributed by atoms with Gasteiger partial charge in [0.15, 0.2) is 0 Å². The second-order valence-electron chi connectivity index (χ2n) is 6.13. The van der Waals surface area contributed by atoms with Gasteiger partial charge >= 0.3 is 0 Å². The normalized spacial score (nSPS) is 11.5. The third-order valence-corrected chi connectivity index (χ3v) is 4.06. The van der Waals surface area contributed by atoms with Gasteiger partial charge in [-0.25, -0.2) is 0 Å². The number of ether oxygens (including phenoxy) is 1. The van der Waals surface area contributed by atoms with E-state index in [0.717, 1.165) is 77.1 Å². The molecule has 0 saturated carbocycles. The summed E-state index contributed by atoms with van der Waals surface area (Å²) in [6.45, 7) is 5.86. The molecular weight excluding hydrogens is 314 g/mol. The van der Waals surface area contributed by atoms with Crippen LogP contribution in [0.4, 0.5) is 0 Å². The lowest BCUT2D eigenvalue weighted by atomic mass is 10.1. The fourth-order valence-electron chi connectivity index (χ4n) is 2.62. The van der Waals surface area contributed by atoms with Gasteiger partial charge in [0.05, 0.1) is 6.34 Å². The number of hydrogen-bond donors (Lipinski definition) is 3. The molecule has 0 aromatic heterocycles. The highest BCUT2D eigenvalue weighted by atomic mass is 16.5. The van der Waals surface area contributed by atoms with E-state index in [-0.39, 0.29) is 0 Å². The molecule has 0 aliphatic carbocycles. The van der Waals surface area contributed by atoms with Crippen LogP contribution in [-0.2, 0) is 6.42 Å². The summed E-state index contributed by atoms with van der Waals surface area (Å²) in [4.78, 5) is 6.39. The lowest BCUT2D eigenvalue weighted by Gasteiger charge is -2.21. The molecule has 142 valence electrons. The number of aryl methyl sites for hydroxylation is 1. The van der Waals surface area contributed by atoms with E-state index in [2.05, 4.69) is 34.2 Å².